The molecular weight excluding hydrogens is 331 g/mol. The summed E-state index contributed by atoms with van der Waals surface area (Å²) in [5.41, 5.74) is 6.00. The van der Waals surface area contributed by atoms with Crippen LogP contribution in [0.1, 0.15) is 32.1 Å². The Morgan fingerprint density at radius 1 is 1.14 bits per heavy atom. The lowest BCUT2D eigenvalue weighted by Crippen LogP contribution is -2.46. The highest BCUT2D eigenvalue weighted by molar-refractivity contribution is 7.89. The third-order valence-electron chi connectivity index (χ3n) is 4.55. The molecule has 3 rings (SSSR count). The molecule has 0 aromatic heterocycles. The van der Waals surface area contributed by atoms with Gasteiger partial charge in [-0.05, 0) is 43.7 Å². The maximum absolute atomic E-state index is 13.0. The van der Waals surface area contributed by atoms with Gasteiger partial charge >= 0.3 is 0 Å². The van der Waals surface area contributed by atoms with Gasteiger partial charge in [0.05, 0.1) is 10.7 Å². The second-order valence-corrected chi connectivity index (χ2v) is 8.49. The summed E-state index contributed by atoms with van der Waals surface area (Å²) in [4.78, 5) is 0.00103. The number of fused-ring (bicyclic) bond motifs is 1. The lowest BCUT2D eigenvalue weighted by Gasteiger charge is -2.37. The van der Waals surface area contributed by atoms with Crippen molar-refractivity contribution in [1.82, 2.24) is 4.31 Å². The summed E-state index contributed by atoms with van der Waals surface area (Å²) in [6.07, 6.45) is 5.13. The highest BCUT2D eigenvalue weighted by Gasteiger charge is 2.42. The second-order valence-electron chi connectivity index (χ2n) is 5.82. The number of hydrogen-bond acceptors (Lipinski definition) is 3. The van der Waals surface area contributed by atoms with Gasteiger partial charge in [-0.15, -0.1) is 0 Å². The fourth-order valence-electron chi connectivity index (χ4n) is 3.68. The highest BCUT2D eigenvalue weighted by atomic mass is 35.5. The molecule has 0 bridgehead atoms. The number of nitrogens with zero attached hydrogens (tertiary/aromatic N) is 1. The first-order valence-electron chi connectivity index (χ1n) is 7.17. The molecule has 1 aliphatic heterocycles. The van der Waals surface area contributed by atoms with E-state index in [9.17, 15) is 8.42 Å². The van der Waals surface area contributed by atoms with E-state index in [1.165, 1.54) is 12.1 Å². The number of nitrogen functional groups attached to an aromatic ring is 1. The standard InChI is InChI=1S/C14H18Cl2N2O2S/c15-10-7-11(16)14(12(17)8-10)21(19,20)18-6-2-4-9-3-1-5-13(9)18/h7-9,13H,1-6,17H2. The topological polar surface area (TPSA) is 63.4 Å². The molecule has 2 fully saturated rings. The van der Waals surface area contributed by atoms with Gasteiger partial charge in [0.25, 0.3) is 0 Å². The van der Waals surface area contributed by atoms with E-state index in [-0.39, 0.29) is 21.6 Å². The monoisotopic (exact) mass is 348 g/mol. The molecule has 0 radical (unpaired) electrons. The molecule has 1 saturated carbocycles. The Bertz CT molecular complexity index is 640. The van der Waals surface area contributed by atoms with Crippen LogP contribution < -0.4 is 5.73 Å². The predicted molar refractivity (Wildman–Crippen MR) is 85.1 cm³/mol. The zero-order valence-electron chi connectivity index (χ0n) is 11.6. The summed E-state index contributed by atoms with van der Waals surface area (Å²) in [5, 5.41) is 0.439. The van der Waals surface area contributed by atoms with Crippen molar-refractivity contribution in [1.29, 1.82) is 0 Å². The van der Waals surface area contributed by atoms with Crippen molar-refractivity contribution in [3.05, 3.63) is 22.2 Å². The summed E-state index contributed by atoms with van der Waals surface area (Å²) in [6, 6.07) is 2.97. The Kier molecular flexibility index (Phi) is 4.12. The summed E-state index contributed by atoms with van der Waals surface area (Å²) in [7, 11) is -3.68. The molecule has 7 heteroatoms. The Morgan fingerprint density at radius 2 is 1.86 bits per heavy atom. The molecule has 0 spiro atoms. The van der Waals surface area contributed by atoms with Crippen LogP contribution in [0.5, 0.6) is 0 Å². The number of anilines is 1. The summed E-state index contributed by atoms with van der Waals surface area (Å²) < 4.78 is 27.6. The quantitative estimate of drug-likeness (QED) is 0.831. The fraction of sp³-hybridized carbons (Fsp3) is 0.571. The van der Waals surface area contributed by atoms with E-state index < -0.39 is 10.0 Å². The number of benzene rings is 1. The maximum atomic E-state index is 13.0. The van der Waals surface area contributed by atoms with E-state index >= 15 is 0 Å². The van der Waals surface area contributed by atoms with E-state index in [1.54, 1.807) is 4.31 Å². The minimum absolute atomic E-state index is 0.00103. The van der Waals surface area contributed by atoms with E-state index in [1.807, 2.05) is 0 Å². The van der Waals surface area contributed by atoms with Crippen molar-refractivity contribution in [3.8, 4) is 0 Å². The van der Waals surface area contributed by atoms with Crippen LogP contribution in [0.15, 0.2) is 17.0 Å². The first-order valence-corrected chi connectivity index (χ1v) is 9.37. The van der Waals surface area contributed by atoms with E-state index in [0.717, 1.165) is 32.1 Å². The SMILES string of the molecule is Nc1cc(Cl)cc(Cl)c1S(=O)(=O)N1CCCC2CCCC21. The lowest BCUT2D eigenvalue weighted by molar-refractivity contribution is 0.202. The first-order chi connectivity index (χ1) is 9.91. The fourth-order valence-corrected chi connectivity index (χ4v) is 6.38. The second kappa shape index (κ2) is 5.61. The van der Waals surface area contributed by atoms with Crippen molar-refractivity contribution < 1.29 is 8.42 Å². The summed E-state index contributed by atoms with van der Waals surface area (Å²) in [5.74, 6) is 0.473. The summed E-state index contributed by atoms with van der Waals surface area (Å²) >= 11 is 12.0. The predicted octanol–water partition coefficient (Wildman–Crippen LogP) is 3.53. The van der Waals surface area contributed by atoms with Gasteiger partial charge in [-0.1, -0.05) is 29.6 Å². The zero-order chi connectivity index (χ0) is 15.2. The Balaban J connectivity index is 2.04. The van der Waals surface area contributed by atoms with Crippen molar-refractivity contribution in [3.63, 3.8) is 0 Å². The molecule has 1 heterocycles. The molecule has 4 nitrogen and oxygen atoms in total. The van der Waals surface area contributed by atoms with Gasteiger partial charge in [0, 0.05) is 17.6 Å². The van der Waals surface area contributed by atoms with Crippen molar-refractivity contribution in [2.75, 3.05) is 12.3 Å². The smallest absolute Gasteiger partial charge is 0.246 e. The number of hydrogen-bond donors (Lipinski definition) is 1. The van der Waals surface area contributed by atoms with Crippen LogP contribution >= 0.6 is 23.2 Å². The first kappa shape index (κ1) is 15.4. The minimum Gasteiger partial charge on any atom is -0.398 e. The average molecular weight is 349 g/mol. The normalized spacial score (nSPS) is 26.8. The molecule has 116 valence electrons. The van der Waals surface area contributed by atoms with Gasteiger partial charge in [0.1, 0.15) is 4.90 Å². The van der Waals surface area contributed by atoms with Gasteiger partial charge in [0.2, 0.25) is 10.0 Å². The Morgan fingerprint density at radius 3 is 2.57 bits per heavy atom. The van der Waals surface area contributed by atoms with E-state index in [2.05, 4.69) is 0 Å². The van der Waals surface area contributed by atoms with Crippen molar-refractivity contribution >= 4 is 38.9 Å². The number of halogens is 2. The molecule has 21 heavy (non-hydrogen) atoms. The van der Waals surface area contributed by atoms with Gasteiger partial charge in [-0.2, -0.15) is 4.31 Å². The molecule has 0 amide bonds. The molecule has 2 aliphatic rings. The van der Waals surface area contributed by atoms with Gasteiger partial charge in [0.15, 0.2) is 0 Å². The molecule has 2 N–H and O–H groups in total. The van der Waals surface area contributed by atoms with Crippen LogP contribution in [0.25, 0.3) is 0 Å². The third-order valence-corrected chi connectivity index (χ3v) is 7.22. The van der Waals surface area contributed by atoms with Crippen LogP contribution in [0.2, 0.25) is 10.0 Å². The van der Waals surface area contributed by atoms with Crippen LogP contribution in [0, 0.1) is 5.92 Å². The Labute approximate surface area is 135 Å². The van der Waals surface area contributed by atoms with Crippen LogP contribution in [0.3, 0.4) is 0 Å². The molecular formula is C14H18Cl2N2O2S. The maximum Gasteiger partial charge on any atom is 0.246 e. The largest absolute Gasteiger partial charge is 0.398 e. The molecule has 2 atom stereocenters. The van der Waals surface area contributed by atoms with Gasteiger partial charge in [-0.25, -0.2) is 8.42 Å². The van der Waals surface area contributed by atoms with Gasteiger partial charge in [-0.3, -0.25) is 0 Å². The average Bonchev–Trinajstić information content (AvgIpc) is 2.84. The number of piperidine rings is 1. The Hall–Kier alpha value is -0.490. The van der Waals surface area contributed by atoms with Crippen molar-refractivity contribution in [2.45, 2.75) is 43.0 Å². The minimum atomic E-state index is -3.68. The third kappa shape index (κ3) is 2.65. The number of sulfonamides is 1. The molecule has 1 aliphatic carbocycles. The van der Waals surface area contributed by atoms with Crippen LogP contribution in [-0.2, 0) is 10.0 Å². The number of nitrogens with two attached hydrogens (primary N) is 1. The van der Waals surface area contributed by atoms with E-state index in [0.29, 0.717) is 17.5 Å². The molecule has 1 aromatic carbocycles. The number of rotatable bonds is 2. The zero-order valence-corrected chi connectivity index (χ0v) is 13.9. The van der Waals surface area contributed by atoms with Crippen LogP contribution in [0.4, 0.5) is 5.69 Å². The van der Waals surface area contributed by atoms with Crippen LogP contribution in [-0.4, -0.2) is 25.3 Å². The summed E-state index contributed by atoms with van der Waals surface area (Å²) in [6.45, 7) is 0.544. The van der Waals surface area contributed by atoms with Crippen molar-refractivity contribution in [2.24, 2.45) is 5.92 Å². The van der Waals surface area contributed by atoms with Gasteiger partial charge < -0.3 is 5.73 Å². The highest BCUT2D eigenvalue weighted by Crippen LogP contribution is 2.41. The van der Waals surface area contributed by atoms with E-state index in [4.69, 9.17) is 28.9 Å². The molecule has 2 unspecified atom stereocenters. The molecule has 1 saturated heterocycles. The molecule has 1 aromatic rings. The lowest BCUT2D eigenvalue weighted by atomic mass is 9.94.